The van der Waals surface area contributed by atoms with Crippen molar-refractivity contribution in [2.45, 2.75) is 13.3 Å². The summed E-state index contributed by atoms with van der Waals surface area (Å²) in [6.45, 7) is 5.70. The number of pyridine rings is 3. The highest BCUT2D eigenvalue weighted by atomic mass is 16.1. The molecule has 5 aromatic rings. The van der Waals surface area contributed by atoms with Crippen LogP contribution in [0.15, 0.2) is 43.1 Å². The van der Waals surface area contributed by atoms with E-state index in [1.807, 2.05) is 43.2 Å². The minimum absolute atomic E-state index is 0.0628. The molecule has 1 fully saturated rings. The molecule has 1 aliphatic heterocycles. The number of amides is 1. The summed E-state index contributed by atoms with van der Waals surface area (Å²) in [5.74, 6) is 0.621. The number of aromatic amines is 1. The quantitative estimate of drug-likeness (QED) is 0.381. The standard InChI is InChI=1S/C26H28N10O/c1-4-23(37)30-17-9-16(11-27-12-17)19-10-18-21(15-29-19)35(3)33-24(18)26-31-20-13-28-14-22(25(20)32-26)36-7-5-34(2)6-8-36/h9-15H,4-8H2,1-3H3,(H,30,37)(H,31,32). The van der Waals surface area contributed by atoms with Crippen molar-refractivity contribution < 1.29 is 4.79 Å². The summed E-state index contributed by atoms with van der Waals surface area (Å²) < 4.78 is 1.81. The van der Waals surface area contributed by atoms with Crippen molar-refractivity contribution in [3.8, 4) is 22.8 Å². The number of nitrogens with one attached hydrogen (secondary N) is 2. The number of rotatable bonds is 5. The van der Waals surface area contributed by atoms with Crippen LogP contribution in [0.5, 0.6) is 0 Å². The van der Waals surface area contributed by atoms with Crippen LogP contribution in [0.1, 0.15) is 13.3 Å². The van der Waals surface area contributed by atoms with Crippen LogP contribution in [0, 0.1) is 0 Å². The van der Waals surface area contributed by atoms with Gasteiger partial charge >= 0.3 is 0 Å². The van der Waals surface area contributed by atoms with Crippen LogP contribution in [0.2, 0.25) is 0 Å². The Balaban J connectivity index is 1.41. The first-order chi connectivity index (χ1) is 18.0. The largest absolute Gasteiger partial charge is 0.366 e. The molecule has 11 heteroatoms. The molecule has 6 heterocycles. The Labute approximate surface area is 213 Å². The van der Waals surface area contributed by atoms with Crippen molar-refractivity contribution in [2.75, 3.05) is 43.4 Å². The molecular formula is C26H28N10O. The van der Waals surface area contributed by atoms with E-state index in [1.54, 1.807) is 18.6 Å². The van der Waals surface area contributed by atoms with Gasteiger partial charge in [-0.3, -0.25) is 24.4 Å². The van der Waals surface area contributed by atoms with E-state index >= 15 is 0 Å². The fraction of sp³-hybridized carbons (Fsp3) is 0.308. The number of anilines is 2. The van der Waals surface area contributed by atoms with Crippen molar-refractivity contribution in [1.82, 2.24) is 39.6 Å². The van der Waals surface area contributed by atoms with Crippen molar-refractivity contribution in [1.29, 1.82) is 0 Å². The molecule has 1 saturated heterocycles. The predicted molar refractivity (Wildman–Crippen MR) is 143 cm³/mol. The number of piperazine rings is 1. The second-order valence-electron chi connectivity index (χ2n) is 9.35. The molecule has 0 saturated carbocycles. The average molecular weight is 497 g/mol. The van der Waals surface area contributed by atoms with Gasteiger partial charge in [-0.15, -0.1) is 0 Å². The van der Waals surface area contributed by atoms with Crippen molar-refractivity contribution in [2.24, 2.45) is 7.05 Å². The van der Waals surface area contributed by atoms with Crippen molar-refractivity contribution in [3.63, 3.8) is 0 Å². The number of H-pyrrole nitrogens is 1. The fourth-order valence-electron chi connectivity index (χ4n) is 4.69. The highest BCUT2D eigenvalue weighted by molar-refractivity contribution is 5.97. The van der Waals surface area contributed by atoms with Crippen LogP contribution in [0.25, 0.3) is 44.7 Å². The molecule has 11 nitrogen and oxygen atoms in total. The second kappa shape index (κ2) is 9.25. The minimum atomic E-state index is -0.0628. The molecule has 0 atom stereocenters. The van der Waals surface area contributed by atoms with Crippen LogP contribution in [-0.2, 0) is 11.8 Å². The van der Waals surface area contributed by atoms with E-state index in [4.69, 9.17) is 10.1 Å². The molecule has 0 aliphatic carbocycles. The van der Waals surface area contributed by atoms with Gasteiger partial charge in [-0.25, -0.2) is 4.98 Å². The van der Waals surface area contributed by atoms with Crippen molar-refractivity contribution >= 4 is 39.2 Å². The van der Waals surface area contributed by atoms with Crippen LogP contribution in [0.3, 0.4) is 0 Å². The van der Waals surface area contributed by atoms with E-state index in [-0.39, 0.29) is 5.91 Å². The van der Waals surface area contributed by atoms with Gasteiger partial charge in [0.1, 0.15) is 11.2 Å². The predicted octanol–water partition coefficient (Wildman–Crippen LogP) is 3.07. The summed E-state index contributed by atoms with van der Waals surface area (Å²) in [4.78, 5) is 38.3. The van der Waals surface area contributed by atoms with Gasteiger partial charge in [0, 0.05) is 56.8 Å². The Morgan fingerprint density at radius 1 is 1.03 bits per heavy atom. The lowest BCUT2D eigenvalue weighted by Gasteiger charge is -2.33. The van der Waals surface area contributed by atoms with E-state index in [0.717, 1.165) is 70.8 Å². The average Bonchev–Trinajstić information content (AvgIpc) is 3.50. The maximum atomic E-state index is 11.8. The van der Waals surface area contributed by atoms with Crippen molar-refractivity contribution in [3.05, 3.63) is 43.1 Å². The zero-order valence-electron chi connectivity index (χ0n) is 21.1. The Morgan fingerprint density at radius 3 is 2.65 bits per heavy atom. The van der Waals surface area contributed by atoms with Crippen LogP contribution >= 0.6 is 0 Å². The number of aromatic nitrogens is 7. The number of fused-ring (bicyclic) bond motifs is 2. The van der Waals surface area contributed by atoms with Crippen LogP contribution < -0.4 is 10.2 Å². The molecule has 2 N–H and O–H groups in total. The van der Waals surface area contributed by atoms with Crippen LogP contribution in [-0.4, -0.2) is 78.7 Å². The molecule has 37 heavy (non-hydrogen) atoms. The van der Waals surface area contributed by atoms with Gasteiger partial charge in [0.25, 0.3) is 0 Å². The first-order valence-corrected chi connectivity index (χ1v) is 12.4. The van der Waals surface area contributed by atoms with Crippen LogP contribution in [0.4, 0.5) is 11.4 Å². The molecule has 0 aromatic carbocycles. The van der Waals surface area contributed by atoms with E-state index in [0.29, 0.717) is 17.9 Å². The summed E-state index contributed by atoms with van der Waals surface area (Å²) in [5.41, 5.74) is 6.61. The lowest BCUT2D eigenvalue weighted by atomic mass is 10.1. The minimum Gasteiger partial charge on any atom is -0.366 e. The summed E-state index contributed by atoms with van der Waals surface area (Å²) >= 11 is 0. The SMILES string of the molecule is CCC(=O)Nc1cncc(-c2cc3c(-c4nc5c(N6CCN(C)CC6)cncc5[nH]4)nn(C)c3cn2)c1. The first kappa shape index (κ1) is 23.0. The van der Waals surface area contributed by atoms with Gasteiger partial charge in [-0.05, 0) is 19.2 Å². The molecule has 188 valence electrons. The Hall–Kier alpha value is -4.38. The maximum absolute atomic E-state index is 11.8. The third-order valence-corrected chi connectivity index (χ3v) is 6.82. The first-order valence-electron chi connectivity index (χ1n) is 12.4. The maximum Gasteiger partial charge on any atom is 0.224 e. The zero-order valence-corrected chi connectivity index (χ0v) is 21.1. The van der Waals surface area contributed by atoms with E-state index in [1.165, 1.54) is 0 Å². The zero-order chi connectivity index (χ0) is 25.5. The van der Waals surface area contributed by atoms with Gasteiger partial charge in [0.15, 0.2) is 5.82 Å². The smallest absolute Gasteiger partial charge is 0.224 e. The van der Waals surface area contributed by atoms with Gasteiger partial charge in [0.05, 0.1) is 52.9 Å². The van der Waals surface area contributed by atoms with Gasteiger partial charge in [0.2, 0.25) is 5.91 Å². The molecular weight excluding hydrogens is 468 g/mol. The lowest BCUT2D eigenvalue weighted by molar-refractivity contribution is -0.115. The number of aryl methyl sites for hydroxylation is 1. The van der Waals surface area contributed by atoms with E-state index in [2.05, 4.69) is 42.1 Å². The Bertz CT molecular complexity index is 1610. The van der Waals surface area contributed by atoms with E-state index in [9.17, 15) is 4.79 Å². The Kier molecular flexibility index (Phi) is 5.76. The number of likely N-dealkylation sites (N-methyl/N-ethyl adjacent to an activating group) is 1. The number of nitrogens with zero attached hydrogens (tertiary/aromatic N) is 8. The van der Waals surface area contributed by atoms with Gasteiger partial charge < -0.3 is 20.1 Å². The molecule has 1 amide bonds. The third kappa shape index (κ3) is 4.27. The molecule has 0 unspecified atom stereocenters. The summed E-state index contributed by atoms with van der Waals surface area (Å²) in [6.07, 6.45) is 9.28. The topological polar surface area (TPSA) is 121 Å². The van der Waals surface area contributed by atoms with Gasteiger partial charge in [-0.2, -0.15) is 5.10 Å². The summed E-state index contributed by atoms with van der Waals surface area (Å²) in [6, 6.07) is 3.87. The number of imidazole rings is 1. The molecule has 5 aromatic heterocycles. The molecule has 1 aliphatic rings. The third-order valence-electron chi connectivity index (χ3n) is 6.82. The number of hydrogen-bond acceptors (Lipinski definition) is 8. The number of carbonyl (C=O) groups excluding carboxylic acids is 1. The number of carbonyl (C=O) groups is 1. The summed E-state index contributed by atoms with van der Waals surface area (Å²) in [5, 5.41) is 8.56. The molecule has 0 radical (unpaired) electrons. The highest BCUT2D eigenvalue weighted by Gasteiger charge is 2.21. The lowest BCUT2D eigenvalue weighted by Crippen LogP contribution is -2.44. The van der Waals surface area contributed by atoms with E-state index < -0.39 is 0 Å². The Morgan fingerprint density at radius 2 is 1.84 bits per heavy atom. The molecule has 6 rings (SSSR count). The summed E-state index contributed by atoms with van der Waals surface area (Å²) in [7, 11) is 4.04. The highest BCUT2D eigenvalue weighted by Crippen LogP contribution is 2.32. The number of hydrogen-bond donors (Lipinski definition) is 2. The normalized spacial score (nSPS) is 14.5. The monoisotopic (exact) mass is 496 g/mol. The molecule has 0 bridgehead atoms. The fourth-order valence-corrected chi connectivity index (χ4v) is 4.69. The van der Waals surface area contributed by atoms with Gasteiger partial charge in [-0.1, -0.05) is 6.92 Å². The second-order valence-corrected chi connectivity index (χ2v) is 9.35. The molecule has 0 spiro atoms.